The fourth-order valence-electron chi connectivity index (χ4n) is 2.39. The lowest BCUT2D eigenvalue weighted by Gasteiger charge is -2.33. The van der Waals surface area contributed by atoms with E-state index in [1.807, 2.05) is 35.7 Å². The van der Waals surface area contributed by atoms with Crippen molar-refractivity contribution in [2.45, 2.75) is 19.9 Å². The van der Waals surface area contributed by atoms with Crippen molar-refractivity contribution in [3.63, 3.8) is 0 Å². The summed E-state index contributed by atoms with van der Waals surface area (Å²) in [5, 5.41) is 8.70. The minimum atomic E-state index is -0.994. The molecular formula is C16H19NO3S. The molecule has 1 aromatic carbocycles. The van der Waals surface area contributed by atoms with Gasteiger partial charge in [-0.25, -0.2) is 4.79 Å². The van der Waals surface area contributed by atoms with E-state index in [0.29, 0.717) is 5.56 Å². The Hall–Kier alpha value is -1.75. The SMILES string of the molecule is Cc1cc(/C=C/C(=O)O)cc(C(=O)N2CCSCC2C)c1. The second-order valence-corrected chi connectivity index (χ2v) is 6.38. The van der Waals surface area contributed by atoms with Gasteiger partial charge in [0, 0.05) is 35.7 Å². The lowest BCUT2D eigenvalue weighted by atomic mass is 10.0. The van der Waals surface area contributed by atoms with Crippen molar-refractivity contribution < 1.29 is 14.7 Å². The molecule has 1 amide bonds. The summed E-state index contributed by atoms with van der Waals surface area (Å²) in [6.45, 7) is 4.73. The number of rotatable bonds is 3. The molecule has 0 aromatic heterocycles. The summed E-state index contributed by atoms with van der Waals surface area (Å²) in [7, 11) is 0. The van der Waals surface area contributed by atoms with Gasteiger partial charge in [0.2, 0.25) is 0 Å². The van der Waals surface area contributed by atoms with Crippen LogP contribution in [0.15, 0.2) is 24.3 Å². The van der Waals surface area contributed by atoms with Gasteiger partial charge in [0.1, 0.15) is 0 Å². The van der Waals surface area contributed by atoms with E-state index in [2.05, 4.69) is 6.92 Å². The van der Waals surface area contributed by atoms with Gasteiger partial charge in [-0.2, -0.15) is 11.8 Å². The van der Waals surface area contributed by atoms with Crippen molar-refractivity contribution in [1.82, 2.24) is 4.90 Å². The fourth-order valence-corrected chi connectivity index (χ4v) is 3.41. The second-order valence-electron chi connectivity index (χ2n) is 5.23. The maximum absolute atomic E-state index is 12.6. The summed E-state index contributed by atoms with van der Waals surface area (Å²) in [6.07, 6.45) is 2.60. The van der Waals surface area contributed by atoms with Crippen LogP contribution in [0.4, 0.5) is 0 Å². The molecule has 1 aromatic rings. The largest absolute Gasteiger partial charge is 0.478 e. The molecule has 2 rings (SSSR count). The van der Waals surface area contributed by atoms with Gasteiger partial charge in [0.25, 0.3) is 5.91 Å². The van der Waals surface area contributed by atoms with Crippen LogP contribution in [0, 0.1) is 6.92 Å². The average molecular weight is 305 g/mol. The van der Waals surface area contributed by atoms with E-state index in [0.717, 1.165) is 35.3 Å². The molecule has 1 aliphatic heterocycles. The monoisotopic (exact) mass is 305 g/mol. The van der Waals surface area contributed by atoms with Crippen molar-refractivity contribution >= 4 is 29.7 Å². The molecule has 0 aliphatic carbocycles. The van der Waals surface area contributed by atoms with Gasteiger partial charge in [-0.05, 0) is 43.2 Å². The number of carbonyl (C=O) groups excluding carboxylic acids is 1. The summed E-state index contributed by atoms with van der Waals surface area (Å²) in [5.41, 5.74) is 2.31. The van der Waals surface area contributed by atoms with E-state index in [1.165, 1.54) is 6.08 Å². The zero-order valence-electron chi connectivity index (χ0n) is 12.2. The average Bonchev–Trinajstić information content (AvgIpc) is 2.44. The maximum Gasteiger partial charge on any atom is 0.328 e. The number of carboxylic acid groups (broad SMARTS) is 1. The third-order valence-electron chi connectivity index (χ3n) is 3.39. The van der Waals surface area contributed by atoms with Crippen LogP contribution in [0.5, 0.6) is 0 Å². The van der Waals surface area contributed by atoms with Crippen LogP contribution in [-0.4, -0.2) is 46.0 Å². The summed E-state index contributed by atoms with van der Waals surface area (Å²) < 4.78 is 0. The highest BCUT2D eigenvalue weighted by Gasteiger charge is 2.24. The Bertz CT molecular complexity index is 583. The number of amides is 1. The van der Waals surface area contributed by atoms with Crippen molar-refractivity contribution in [3.8, 4) is 0 Å². The lowest BCUT2D eigenvalue weighted by molar-refractivity contribution is -0.131. The first kappa shape index (κ1) is 15.6. The molecule has 0 saturated carbocycles. The lowest BCUT2D eigenvalue weighted by Crippen LogP contribution is -2.44. The Morgan fingerprint density at radius 3 is 2.81 bits per heavy atom. The van der Waals surface area contributed by atoms with E-state index in [9.17, 15) is 9.59 Å². The molecule has 1 atom stereocenters. The van der Waals surface area contributed by atoms with Crippen LogP contribution in [-0.2, 0) is 4.79 Å². The van der Waals surface area contributed by atoms with Crippen LogP contribution in [0.1, 0.15) is 28.4 Å². The van der Waals surface area contributed by atoms with Crippen LogP contribution in [0.2, 0.25) is 0 Å². The molecule has 0 radical (unpaired) electrons. The first-order valence-corrected chi connectivity index (χ1v) is 8.04. The zero-order chi connectivity index (χ0) is 15.4. The summed E-state index contributed by atoms with van der Waals surface area (Å²) >= 11 is 1.87. The quantitative estimate of drug-likeness (QED) is 0.872. The first-order valence-electron chi connectivity index (χ1n) is 6.89. The van der Waals surface area contributed by atoms with Gasteiger partial charge in [-0.1, -0.05) is 6.07 Å². The van der Waals surface area contributed by atoms with Crippen LogP contribution in [0.3, 0.4) is 0 Å². The maximum atomic E-state index is 12.6. The van der Waals surface area contributed by atoms with Gasteiger partial charge in [-0.15, -0.1) is 0 Å². The third kappa shape index (κ3) is 4.11. The van der Waals surface area contributed by atoms with Gasteiger partial charge in [-0.3, -0.25) is 4.79 Å². The van der Waals surface area contributed by atoms with Crippen LogP contribution >= 0.6 is 11.8 Å². The van der Waals surface area contributed by atoms with Gasteiger partial charge in [0.15, 0.2) is 0 Å². The third-order valence-corrected chi connectivity index (χ3v) is 4.58. The number of carboxylic acids is 1. The summed E-state index contributed by atoms with van der Waals surface area (Å²) in [5.74, 6) is 0.958. The Labute approximate surface area is 128 Å². The minimum absolute atomic E-state index is 0.0245. The highest BCUT2D eigenvalue weighted by Crippen LogP contribution is 2.20. The molecule has 21 heavy (non-hydrogen) atoms. The molecule has 4 nitrogen and oxygen atoms in total. The van der Waals surface area contributed by atoms with E-state index in [4.69, 9.17) is 5.11 Å². The van der Waals surface area contributed by atoms with Crippen molar-refractivity contribution in [2.75, 3.05) is 18.1 Å². The molecule has 0 spiro atoms. The van der Waals surface area contributed by atoms with E-state index < -0.39 is 5.97 Å². The molecule has 112 valence electrons. The number of nitrogens with zero attached hydrogens (tertiary/aromatic N) is 1. The number of aliphatic carboxylic acids is 1. The molecule has 1 saturated heterocycles. The normalized spacial score (nSPS) is 19.0. The number of hydrogen-bond acceptors (Lipinski definition) is 3. The van der Waals surface area contributed by atoms with Crippen LogP contribution < -0.4 is 0 Å². The van der Waals surface area contributed by atoms with Gasteiger partial charge >= 0.3 is 5.97 Å². The fraction of sp³-hybridized carbons (Fsp3) is 0.375. The second kappa shape index (κ2) is 6.80. The molecule has 1 aliphatic rings. The Kier molecular flexibility index (Phi) is 5.07. The molecule has 1 heterocycles. The highest BCUT2D eigenvalue weighted by atomic mass is 32.2. The predicted octanol–water partition coefficient (Wildman–Crippen LogP) is 2.67. The molecule has 1 fully saturated rings. The zero-order valence-corrected chi connectivity index (χ0v) is 13.0. The molecule has 1 unspecified atom stereocenters. The van der Waals surface area contributed by atoms with E-state index in [1.54, 1.807) is 6.07 Å². The standard InChI is InChI=1S/C16H19NO3S/c1-11-7-13(3-4-15(18)19)9-14(8-11)16(20)17-5-6-21-10-12(17)2/h3-4,7-9,12H,5-6,10H2,1-2H3,(H,18,19)/b4-3+. The predicted molar refractivity (Wildman–Crippen MR) is 85.7 cm³/mol. The molecule has 5 heteroatoms. The van der Waals surface area contributed by atoms with Crippen molar-refractivity contribution in [2.24, 2.45) is 0 Å². The smallest absolute Gasteiger partial charge is 0.328 e. The number of aryl methyl sites for hydroxylation is 1. The number of benzene rings is 1. The van der Waals surface area contributed by atoms with Crippen molar-refractivity contribution in [1.29, 1.82) is 0 Å². The number of thioether (sulfide) groups is 1. The van der Waals surface area contributed by atoms with Gasteiger partial charge in [0.05, 0.1) is 0 Å². The van der Waals surface area contributed by atoms with Gasteiger partial charge < -0.3 is 10.0 Å². The number of carbonyl (C=O) groups is 2. The Balaban J connectivity index is 2.26. The summed E-state index contributed by atoms with van der Waals surface area (Å²) in [4.78, 5) is 25.1. The van der Waals surface area contributed by atoms with Crippen molar-refractivity contribution in [3.05, 3.63) is 41.0 Å². The summed E-state index contributed by atoms with van der Waals surface area (Å²) in [6, 6.07) is 5.71. The highest BCUT2D eigenvalue weighted by molar-refractivity contribution is 7.99. The Morgan fingerprint density at radius 2 is 2.14 bits per heavy atom. The molecular weight excluding hydrogens is 286 g/mol. The number of hydrogen-bond donors (Lipinski definition) is 1. The minimum Gasteiger partial charge on any atom is -0.478 e. The molecule has 1 N–H and O–H groups in total. The Morgan fingerprint density at radius 1 is 1.38 bits per heavy atom. The first-order chi connectivity index (χ1) is 9.97. The topological polar surface area (TPSA) is 57.6 Å². The van der Waals surface area contributed by atoms with E-state index >= 15 is 0 Å². The van der Waals surface area contributed by atoms with Crippen LogP contribution in [0.25, 0.3) is 6.08 Å². The molecule has 0 bridgehead atoms. The van der Waals surface area contributed by atoms with E-state index in [-0.39, 0.29) is 11.9 Å².